The quantitative estimate of drug-likeness (QED) is 0.663. The van der Waals surface area contributed by atoms with Crippen LogP contribution in [-0.4, -0.2) is 21.5 Å². The van der Waals surface area contributed by atoms with Crippen molar-refractivity contribution in [3.05, 3.63) is 28.2 Å². The first kappa shape index (κ1) is 11.8. The molecular formula is C9H12BrN3O2S. The lowest BCUT2D eigenvalue weighted by Crippen LogP contribution is -2.47. The van der Waals surface area contributed by atoms with Crippen molar-refractivity contribution in [2.24, 2.45) is 0 Å². The maximum Gasteiger partial charge on any atom is 0.276 e. The average Bonchev–Trinajstić information content (AvgIpc) is 2.22. The second-order valence-corrected chi connectivity index (χ2v) is 6.12. The van der Waals surface area contributed by atoms with Crippen molar-refractivity contribution in [1.29, 1.82) is 0 Å². The molecule has 0 aromatic heterocycles. The fraction of sp³-hybridized carbons (Fsp3) is 0.333. The normalized spacial score (nSPS) is 20.8. The van der Waals surface area contributed by atoms with E-state index in [0.717, 1.165) is 10.0 Å². The van der Waals surface area contributed by atoms with E-state index in [0.29, 0.717) is 18.8 Å². The van der Waals surface area contributed by atoms with Gasteiger partial charge in [0.05, 0.1) is 0 Å². The summed E-state index contributed by atoms with van der Waals surface area (Å²) in [6.45, 7) is 0.817. The highest BCUT2D eigenvalue weighted by atomic mass is 79.9. The highest BCUT2D eigenvalue weighted by molar-refractivity contribution is 9.10. The maximum atomic E-state index is 11.1. The summed E-state index contributed by atoms with van der Waals surface area (Å²) in [6.07, 6.45) is 0. The number of benzene rings is 1. The Labute approximate surface area is 103 Å². The van der Waals surface area contributed by atoms with Crippen molar-refractivity contribution in [2.45, 2.75) is 5.92 Å². The molecule has 1 aromatic carbocycles. The van der Waals surface area contributed by atoms with Gasteiger partial charge in [-0.3, -0.25) is 0 Å². The Kier molecular flexibility index (Phi) is 3.20. The number of nitrogen functional groups attached to an aromatic ring is 1. The van der Waals surface area contributed by atoms with E-state index in [1.807, 2.05) is 18.2 Å². The third kappa shape index (κ3) is 2.54. The SMILES string of the molecule is Nc1ccc(C2CNS(=O)(=O)NC2)cc1Br. The number of rotatable bonds is 1. The predicted molar refractivity (Wildman–Crippen MR) is 66.2 cm³/mol. The fourth-order valence-corrected chi connectivity index (χ4v) is 2.92. The van der Waals surface area contributed by atoms with Crippen LogP contribution in [0, 0.1) is 0 Å². The molecule has 1 aromatic rings. The number of nitrogens with two attached hydrogens (primary N) is 1. The highest BCUT2D eigenvalue weighted by Crippen LogP contribution is 2.25. The molecule has 0 spiro atoms. The van der Waals surface area contributed by atoms with E-state index >= 15 is 0 Å². The Morgan fingerprint density at radius 3 is 2.50 bits per heavy atom. The zero-order valence-corrected chi connectivity index (χ0v) is 10.8. The van der Waals surface area contributed by atoms with E-state index in [-0.39, 0.29) is 5.92 Å². The molecule has 0 radical (unpaired) electrons. The number of hydrogen-bond donors (Lipinski definition) is 3. The summed E-state index contributed by atoms with van der Waals surface area (Å²) in [4.78, 5) is 0. The minimum Gasteiger partial charge on any atom is -0.398 e. The summed E-state index contributed by atoms with van der Waals surface area (Å²) in [5, 5.41) is 0. The summed E-state index contributed by atoms with van der Waals surface area (Å²) in [5.74, 6) is 0.125. The number of hydrogen-bond acceptors (Lipinski definition) is 3. The van der Waals surface area contributed by atoms with E-state index in [1.54, 1.807) is 0 Å². The van der Waals surface area contributed by atoms with Crippen molar-refractivity contribution in [3.8, 4) is 0 Å². The van der Waals surface area contributed by atoms with Gasteiger partial charge in [0.1, 0.15) is 0 Å². The highest BCUT2D eigenvalue weighted by Gasteiger charge is 2.23. The van der Waals surface area contributed by atoms with E-state index in [2.05, 4.69) is 25.4 Å². The molecule has 5 nitrogen and oxygen atoms in total. The third-order valence-electron chi connectivity index (χ3n) is 2.54. The molecule has 0 atom stereocenters. The van der Waals surface area contributed by atoms with Gasteiger partial charge in [0, 0.05) is 29.2 Å². The zero-order valence-electron chi connectivity index (χ0n) is 8.40. The van der Waals surface area contributed by atoms with Crippen molar-refractivity contribution < 1.29 is 8.42 Å². The molecule has 1 aliphatic heterocycles. The second kappa shape index (κ2) is 4.33. The fourth-order valence-electron chi connectivity index (χ4n) is 1.58. The van der Waals surface area contributed by atoms with Gasteiger partial charge in [-0.1, -0.05) is 6.07 Å². The summed E-state index contributed by atoms with van der Waals surface area (Å²) in [7, 11) is -3.28. The summed E-state index contributed by atoms with van der Waals surface area (Å²) in [6, 6.07) is 5.63. The molecule has 16 heavy (non-hydrogen) atoms. The minimum atomic E-state index is -3.28. The van der Waals surface area contributed by atoms with Gasteiger partial charge >= 0.3 is 0 Å². The van der Waals surface area contributed by atoms with E-state index < -0.39 is 10.2 Å². The lowest BCUT2D eigenvalue weighted by atomic mass is 9.99. The number of halogens is 1. The summed E-state index contributed by atoms with van der Waals surface area (Å²) >= 11 is 3.35. The third-order valence-corrected chi connectivity index (χ3v) is 4.32. The van der Waals surface area contributed by atoms with Crippen molar-refractivity contribution >= 4 is 31.8 Å². The molecule has 7 heteroatoms. The Balaban J connectivity index is 2.17. The van der Waals surface area contributed by atoms with Crippen LogP contribution in [-0.2, 0) is 10.2 Å². The molecule has 1 heterocycles. The first-order valence-corrected chi connectivity index (χ1v) is 7.05. The van der Waals surface area contributed by atoms with Crippen molar-refractivity contribution in [3.63, 3.8) is 0 Å². The molecule has 0 saturated carbocycles. The molecular weight excluding hydrogens is 294 g/mol. The molecule has 0 aliphatic carbocycles. The van der Waals surface area contributed by atoms with Gasteiger partial charge < -0.3 is 5.73 Å². The summed E-state index contributed by atoms with van der Waals surface area (Å²) in [5.41, 5.74) is 7.41. The van der Waals surface area contributed by atoms with Crippen LogP contribution >= 0.6 is 15.9 Å². The van der Waals surface area contributed by atoms with Gasteiger partial charge in [-0.05, 0) is 33.6 Å². The van der Waals surface area contributed by atoms with Crippen LogP contribution in [0.2, 0.25) is 0 Å². The smallest absolute Gasteiger partial charge is 0.276 e. The molecule has 88 valence electrons. The van der Waals surface area contributed by atoms with Crippen LogP contribution < -0.4 is 15.2 Å². The lowest BCUT2D eigenvalue weighted by molar-refractivity contribution is 0.522. The van der Waals surface area contributed by atoms with Crippen molar-refractivity contribution in [1.82, 2.24) is 9.44 Å². The molecule has 2 rings (SSSR count). The van der Waals surface area contributed by atoms with Gasteiger partial charge in [0.2, 0.25) is 0 Å². The van der Waals surface area contributed by atoms with Crippen molar-refractivity contribution in [2.75, 3.05) is 18.8 Å². The number of anilines is 1. The summed E-state index contributed by atoms with van der Waals surface area (Å²) < 4.78 is 27.9. The lowest BCUT2D eigenvalue weighted by Gasteiger charge is -2.24. The van der Waals surface area contributed by atoms with E-state index in [1.165, 1.54) is 0 Å². The zero-order chi connectivity index (χ0) is 11.8. The van der Waals surface area contributed by atoms with Crippen LogP contribution in [0.4, 0.5) is 5.69 Å². The Morgan fingerprint density at radius 1 is 1.31 bits per heavy atom. The van der Waals surface area contributed by atoms with Gasteiger partial charge in [-0.15, -0.1) is 0 Å². The minimum absolute atomic E-state index is 0.125. The molecule has 4 N–H and O–H groups in total. The first-order valence-electron chi connectivity index (χ1n) is 4.77. The van der Waals surface area contributed by atoms with Crippen LogP contribution in [0.25, 0.3) is 0 Å². The Morgan fingerprint density at radius 2 is 1.94 bits per heavy atom. The van der Waals surface area contributed by atoms with Gasteiger partial charge in [0.15, 0.2) is 0 Å². The monoisotopic (exact) mass is 305 g/mol. The maximum absolute atomic E-state index is 11.1. The average molecular weight is 306 g/mol. The molecule has 0 bridgehead atoms. The first-order chi connectivity index (χ1) is 7.48. The largest absolute Gasteiger partial charge is 0.398 e. The predicted octanol–water partition coefficient (Wildman–Crippen LogP) is 0.553. The van der Waals surface area contributed by atoms with Crippen LogP contribution in [0.5, 0.6) is 0 Å². The molecule has 1 aliphatic rings. The number of nitrogens with one attached hydrogen (secondary N) is 2. The van der Waals surface area contributed by atoms with Crippen LogP contribution in [0.1, 0.15) is 11.5 Å². The van der Waals surface area contributed by atoms with E-state index in [4.69, 9.17) is 5.73 Å². The van der Waals surface area contributed by atoms with Crippen LogP contribution in [0.15, 0.2) is 22.7 Å². The Bertz CT molecular complexity index is 489. The van der Waals surface area contributed by atoms with E-state index in [9.17, 15) is 8.42 Å². The molecule has 1 saturated heterocycles. The topological polar surface area (TPSA) is 84.2 Å². The molecule has 1 fully saturated rings. The molecule has 0 amide bonds. The van der Waals surface area contributed by atoms with Gasteiger partial charge in [-0.2, -0.15) is 8.42 Å². The van der Waals surface area contributed by atoms with Gasteiger partial charge in [-0.25, -0.2) is 9.44 Å². The Hall–Kier alpha value is -0.630. The van der Waals surface area contributed by atoms with Crippen LogP contribution in [0.3, 0.4) is 0 Å². The molecule has 0 unspecified atom stereocenters. The second-order valence-electron chi connectivity index (χ2n) is 3.68. The standard InChI is InChI=1S/C9H12BrN3O2S/c10-8-3-6(1-2-9(8)11)7-4-12-16(14,15)13-5-7/h1-3,7,12-13H,4-5,11H2. The van der Waals surface area contributed by atoms with Gasteiger partial charge in [0.25, 0.3) is 10.2 Å².